The zero-order valence-corrected chi connectivity index (χ0v) is 18.5. The van der Waals surface area contributed by atoms with Crippen LogP contribution < -0.4 is 15.5 Å². The largest absolute Gasteiger partial charge is 0.378 e. The third-order valence-corrected chi connectivity index (χ3v) is 8.24. The van der Waals surface area contributed by atoms with Gasteiger partial charge in [0.15, 0.2) is 5.17 Å². The van der Waals surface area contributed by atoms with Crippen molar-refractivity contribution in [2.75, 3.05) is 24.3 Å². The average Bonchev–Trinajstić information content (AvgIpc) is 2.98. The first-order chi connectivity index (χ1) is 14.4. The fourth-order valence-electron chi connectivity index (χ4n) is 6.23. The third kappa shape index (κ3) is 3.96. The van der Waals surface area contributed by atoms with E-state index in [0.29, 0.717) is 0 Å². The summed E-state index contributed by atoms with van der Waals surface area (Å²) in [5, 5.41) is 6.19. The maximum absolute atomic E-state index is 12.5. The number of thioether (sulfide) groups is 1. The molecule has 4 aliphatic carbocycles. The van der Waals surface area contributed by atoms with Crippen molar-refractivity contribution in [1.29, 1.82) is 0 Å². The number of aliphatic imine (C=N–C) groups is 1. The summed E-state index contributed by atoms with van der Waals surface area (Å²) in [5.74, 6) is 2.23. The lowest BCUT2D eigenvalue weighted by molar-refractivity contribution is -0.122. The number of anilines is 2. The maximum Gasteiger partial charge on any atom is 0.240 e. The fourth-order valence-corrected chi connectivity index (χ4v) is 7.31. The Bertz CT molecular complexity index is 844. The van der Waals surface area contributed by atoms with Crippen molar-refractivity contribution in [3.05, 3.63) is 24.3 Å². The number of amides is 2. The van der Waals surface area contributed by atoms with Crippen LogP contribution in [0.15, 0.2) is 29.3 Å². The third-order valence-electron chi connectivity index (χ3n) is 7.16. The highest BCUT2D eigenvalue weighted by atomic mass is 32.2. The second-order valence-corrected chi connectivity index (χ2v) is 11.0. The van der Waals surface area contributed by atoms with E-state index in [4.69, 9.17) is 4.99 Å². The van der Waals surface area contributed by atoms with E-state index in [2.05, 4.69) is 10.6 Å². The number of nitrogens with one attached hydrogen (secondary N) is 2. The zero-order valence-electron chi connectivity index (χ0n) is 17.7. The smallest absolute Gasteiger partial charge is 0.240 e. The minimum Gasteiger partial charge on any atom is -0.378 e. The van der Waals surface area contributed by atoms with Gasteiger partial charge in [-0.3, -0.25) is 14.6 Å². The Balaban J connectivity index is 1.20. The molecule has 1 aromatic carbocycles. The maximum atomic E-state index is 12.5. The first-order valence-electron chi connectivity index (χ1n) is 11.0. The molecular weight excluding hydrogens is 396 g/mol. The Morgan fingerprint density at radius 2 is 1.73 bits per heavy atom. The highest BCUT2D eigenvalue weighted by Gasteiger charge is 2.51. The van der Waals surface area contributed by atoms with Gasteiger partial charge in [0.25, 0.3) is 0 Å². The second kappa shape index (κ2) is 7.59. The van der Waals surface area contributed by atoms with Crippen molar-refractivity contribution in [3.8, 4) is 0 Å². The quantitative estimate of drug-likeness (QED) is 0.754. The average molecular weight is 427 g/mol. The molecule has 6 rings (SSSR count). The lowest BCUT2D eigenvalue weighted by atomic mass is 9.53. The van der Waals surface area contributed by atoms with Gasteiger partial charge in [-0.05, 0) is 80.5 Å². The molecule has 5 fully saturated rings. The summed E-state index contributed by atoms with van der Waals surface area (Å²) in [6.07, 6.45) is 7.81. The van der Waals surface area contributed by atoms with Gasteiger partial charge in [-0.1, -0.05) is 11.8 Å². The first kappa shape index (κ1) is 19.9. The summed E-state index contributed by atoms with van der Waals surface area (Å²) in [6, 6.07) is 7.69. The molecule has 1 atom stereocenters. The van der Waals surface area contributed by atoms with Crippen molar-refractivity contribution in [2.45, 2.75) is 55.7 Å². The number of hydrogen-bond donors (Lipinski definition) is 2. The monoisotopic (exact) mass is 426 g/mol. The molecule has 1 unspecified atom stereocenters. The van der Waals surface area contributed by atoms with Crippen LogP contribution in [0.4, 0.5) is 11.4 Å². The number of benzene rings is 1. The second-order valence-electron chi connectivity index (χ2n) is 9.85. The topological polar surface area (TPSA) is 73.8 Å². The van der Waals surface area contributed by atoms with Gasteiger partial charge in [0.05, 0.1) is 5.54 Å². The van der Waals surface area contributed by atoms with E-state index in [-0.39, 0.29) is 23.8 Å². The number of rotatable bonds is 5. The van der Waals surface area contributed by atoms with E-state index in [1.54, 1.807) is 0 Å². The molecule has 0 aromatic heterocycles. The first-order valence-corrected chi connectivity index (χ1v) is 11.9. The van der Waals surface area contributed by atoms with Crippen LogP contribution in [-0.4, -0.2) is 41.9 Å². The molecule has 4 saturated carbocycles. The number of carbonyl (C=O) groups is 2. The van der Waals surface area contributed by atoms with E-state index in [9.17, 15) is 9.59 Å². The summed E-state index contributed by atoms with van der Waals surface area (Å²) in [7, 11) is 3.96. The Labute approximate surface area is 182 Å². The van der Waals surface area contributed by atoms with Crippen molar-refractivity contribution >= 4 is 40.1 Å². The molecule has 1 aromatic rings. The molecule has 160 valence electrons. The van der Waals surface area contributed by atoms with Crippen LogP contribution in [0.25, 0.3) is 0 Å². The highest BCUT2D eigenvalue weighted by molar-refractivity contribution is 8.15. The lowest BCUT2D eigenvalue weighted by Crippen LogP contribution is -2.50. The van der Waals surface area contributed by atoms with Gasteiger partial charge in [-0.15, -0.1) is 0 Å². The predicted molar refractivity (Wildman–Crippen MR) is 122 cm³/mol. The molecule has 1 heterocycles. The predicted octanol–water partition coefficient (Wildman–Crippen LogP) is 3.64. The van der Waals surface area contributed by atoms with Crippen molar-refractivity contribution in [3.63, 3.8) is 0 Å². The summed E-state index contributed by atoms with van der Waals surface area (Å²) >= 11 is 1.43. The standard InChI is InChI=1S/C23H30N4O2S/c1-27(2)18-5-3-17(4-6-18)24-20(28)10-19-21(29)25-22(30-19)26-23-11-14-7-15(12-23)9-16(8-14)13-23/h3-6,14-16,19H,7-13H2,1-2H3,(H,24,28)(H,25,26,29). The molecule has 2 N–H and O–H groups in total. The number of carbonyl (C=O) groups excluding carboxylic acids is 2. The fraction of sp³-hybridized carbons (Fsp3) is 0.609. The highest BCUT2D eigenvalue weighted by Crippen LogP contribution is 2.57. The lowest BCUT2D eigenvalue weighted by Gasteiger charge is -2.55. The molecule has 6 nitrogen and oxygen atoms in total. The van der Waals surface area contributed by atoms with Crippen molar-refractivity contribution in [2.24, 2.45) is 22.7 Å². The molecule has 7 heteroatoms. The molecule has 4 bridgehead atoms. The SMILES string of the molecule is CN(C)c1ccc(NC(=O)CC2SC(=NC34CC5CC(CC(C5)C3)C4)NC2=O)cc1. The molecule has 2 amide bonds. The molecule has 0 radical (unpaired) electrons. The number of hydrogen-bond acceptors (Lipinski definition) is 5. The van der Waals surface area contributed by atoms with Crippen LogP contribution in [0, 0.1) is 17.8 Å². The molecule has 30 heavy (non-hydrogen) atoms. The molecule has 1 saturated heterocycles. The summed E-state index contributed by atoms with van der Waals surface area (Å²) in [6.45, 7) is 0. The van der Waals surface area contributed by atoms with Crippen LogP contribution in [0.2, 0.25) is 0 Å². The van der Waals surface area contributed by atoms with Gasteiger partial charge in [-0.25, -0.2) is 0 Å². The Kier molecular flexibility index (Phi) is 5.04. The summed E-state index contributed by atoms with van der Waals surface area (Å²) in [5.41, 5.74) is 1.86. The van der Waals surface area contributed by atoms with Gasteiger partial charge in [0.2, 0.25) is 11.8 Å². The van der Waals surface area contributed by atoms with Crippen LogP contribution in [0.1, 0.15) is 44.9 Å². The van der Waals surface area contributed by atoms with Gasteiger partial charge in [-0.2, -0.15) is 0 Å². The van der Waals surface area contributed by atoms with Gasteiger partial charge in [0.1, 0.15) is 5.25 Å². The summed E-state index contributed by atoms with van der Waals surface area (Å²) < 4.78 is 0. The van der Waals surface area contributed by atoms with Crippen LogP contribution in [0.3, 0.4) is 0 Å². The van der Waals surface area contributed by atoms with Gasteiger partial charge in [0, 0.05) is 31.9 Å². The minimum atomic E-state index is -0.404. The molecule has 0 spiro atoms. The van der Waals surface area contributed by atoms with Crippen molar-refractivity contribution < 1.29 is 9.59 Å². The van der Waals surface area contributed by atoms with E-state index in [0.717, 1.165) is 34.3 Å². The Hall–Kier alpha value is -2.02. The van der Waals surface area contributed by atoms with E-state index < -0.39 is 5.25 Å². The van der Waals surface area contributed by atoms with E-state index in [1.165, 1.54) is 50.3 Å². The zero-order chi connectivity index (χ0) is 20.9. The molecule has 1 aliphatic heterocycles. The Morgan fingerprint density at radius 3 is 2.30 bits per heavy atom. The number of amidine groups is 1. The number of nitrogens with zero attached hydrogens (tertiary/aromatic N) is 2. The molecule has 5 aliphatic rings. The van der Waals surface area contributed by atoms with Gasteiger partial charge >= 0.3 is 0 Å². The van der Waals surface area contributed by atoms with E-state index >= 15 is 0 Å². The van der Waals surface area contributed by atoms with Crippen molar-refractivity contribution in [1.82, 2.24) is 5.32 Å². The molecular formula is C23H30N4O2S. The summed E-state index contributed by atoms with van der Waals surface area (Å²) in [4.78, 5) is 32.1. The van der Waals surface area contributed by atoms with Gasteiger partial charge < -0.3 is 15.5 Å². The minimum absolute atomic E-state index is 0.0374. The Morgan fingerprint density at radius 1 is 1.13 bits per heavy atom. The van der Waals surface area contributed by atoms with E-state index in [1.807, 2.05) is 43.3 Å². The normalized spacial score (nSPS) is 35.5. The van der Waals surface area contributed by atoms with Crippen LogP contribution in [0.5, 0.6) is 0 Å². The van der Waals surface area contributed by atoms with Crippen LogP contribution in [-0.2, 0) is 9.59 Å². The van der Waals surface area contributed by atoms with Crippen LogP contribution >= 0.6 is 11.8 Å².